The van der Waals surface area contributed by atoms with E-state index in [9.17, 15) is 4.79 Å². The minimum absolute atomic E-state index is 0.0956. The molecule has 1 amide bonds. The second-order valence-corrected chi connectivity index (χ2v) is 4.99. The molecule has 0 radical (unpaired) electrons. The molecule has 0 aliphatic carbocycles. The summed E-state index contributed by atoms with van der Waals surface area (Å²) < 4.78 is 1.45. The maximum atomic E-state index is 12.8. The van der Waals surface area contributed by atoms with E-state index in [0.29, 0.717) is 12.4 Å². The van der Waals surface area contributed by atoms with Crippen molar-refractivity contribution in [2.24, 2.45) is 5.10 Å². The van der Waals surface area contributed by atoms with E-state index in [4.69, 9.17) is 0 Å². The summed E-state index contributed by atoms with van der Waals surface area (Å²) in [5.41, 5.74) is 2.15. The average Bonchev–Trinajstić information content (AvgIpc) is 3.14. The molecule has 0 unspecified atom stereocenters. The van der Waals surface area contributed by atoms with E-state index in [-0.39, 0.29) is 5.91 Å². The van der Waals surface area contributed by atoms with Crippen LogP contribution in [-0.4, -0.2) is 51.2 Å². The summed E-state index contributed by atoms with van der Waals surface area (Å²) in [5, 5.41) is 11.8. The highest BCUT2D eigenvalue weighted by Crippen LogP contribution is 2.29. The summed E-state index contributed by atoms with van der Waals surface area (Å²) in [6.07, 6.45) is 2.94. The van der Waals surface area contributed by atoms with Crippen molar-refractivity contribution >= 4 is 17.3 Å². The molecule has 114 valence electrons. The van der Waals surface area contributed by atoms with E-state index in [0.717, 1.165) is 24.3 Å². The number of aromatic nitrogens is 3. The van der Waals surface area contributed by atoms with E-state index >= 15 is 0 Å². The summed E-state index contributed by atoms with van der Waals surface area (Å²) in [5.74, 6) is -0.0956. The Kier molecular flexibility index (Phi) is 3.97. The number of benzene rings is 1. The maximum Gasteiger partial charge on any atom is 0.280 e. The lowest BCUT2D eigenvalue weighted by atomic mass is 10.1. The average molecular weight is 298 g/mol. The SMILES string of the molecule is CCN(CC)CN1C(=O)/C(=N\n2cnnc2)c2ccccc21. The molecule has 2 aromatic rings. The number of para-hydroxylation sites is 1. The number of carbonyl (C=O) groups is 1. The van der Waals surface area contributed by atoms with Crippen LogP contribution in [0.5, 0.6) is 0 Å². The first-order chi connectivity index (χ1) is 10.7. The molecular formula is C15H18N6O. The standard InChI is InChI=1S/C15H18N6O/c1-3-19(4-2)11-21-13-8-6-5-7-12(13)14(15(21)22)18-20-9-16-17-10-20/h5-10H,3-4,11H2,1-2H3/b18-14-. The molecule has 0 fully saturated rings. The van der Waals surface area contributed by atoms with Crippen molar-refractivity contribution < 1.29 is 4.79 Å². The van der Waals surface area contributed by atoms with Gasteiger partial charge in [-0.2, -0.15) is 5.10 Å². The molecule has 22 heavy (non-hydrogen) atoms. The largest absolute Gasteiger partial charge is 0.293 e. The molecule has 1 aliphatic heterocycles. The van der Waals surface area contributed by atoms with Crippen molar-refractivity contribution in [3.05, 3.63) is 42.5 Å². The van der Waals surface area contributed by atoms with Gasteiger partial charge in [-0.3, -0.25) is 14.6 Å². The topological polar surface area (TPSA) is 66.6 Å². The second kappa shape index (κ2) is 6.07. The summed E-state index contributed by atoms with van der Waals surface area (Å²) in [7, 11) is 0. The Labute approximate surface area is 128 Å². The van der Waals surface area contributed by atoms with Crippen LogP contribution in [0.1, 0.15) is 19.4 Å². The first kappa shape index (κ1) is 14.4. The van der Waals surface area contributed by atoms with Crippen LogP contribution in [0.25, 0.3) is 0 Å². The van der Waals surface area contributed by atoms with Crippen molar-refractivity contribution in [2.45, 2.75) is 13.8 Å². The number of hydrogen-bond donors (Lipinski definition) is 0. The smallest absolute Gasteiger partial charge is 0.280 e. The number of carbonyl (C=O) groups excluding carboxylic acids is 1. The zero-order chi connectivity index (χ0) is 15.5. The quantitative estimate of drug-likeness (QED) is 0.831. The molecular weight excluding hydrogens is 280 g/mol. The fraction of sp³-hybridized carbons (Fsp3) is 0.333. The van der Waals surface area contributed by atoms with Gasteiger partial charge in [-0.05, 0) is 19.2 Å². The third-order valence-electron chi connectivity index (χ3n) is 3.76. The molecule has 7 nitrogen and oxygen atoms in total. The summed E-state index contributed by atoms with van der Waals surface area (Å²) in [6.45, 7) is 6.51. The number of nitrogens with zero attached hydrogens (tertiary/aromatic N) is 6. The van der Waals surface area contributed by atoms with Crippen LogP contribution in [0.2, 0.25) is 0 Å². The molecule has 1 aromatic carbocycles. The lowest BCUT2D eigenvalue weighted by Gasteiger charge is -2.25. The molecule has 0 saturated carbocycles. The highest BCUT2D eigenvalue weighted by molar-refractivity contribution is 6.54. The molecule has 2 heterocycles. The summed E-state index contributed by atoms with van der Waals surface area (Å²) in [6, 6.07) is 7.71. The van der Waals surface area contributed by atoms with Crippen LogP contribution >= 0.6 is 0 Å². The monoisotopic (exact) mass is 298 g/mol. The molecule has 3 rings (SSSR count). The normalized spacial score (nSPS) is 15.9. The number of amides is 1. The van der Waals surface area contributed by atoms with Crippen LogP contribution in [0, 0.1) is 0 Å². The first-order valence-corrected chi connectivity index (χ1v) is 7.31. The van der Waals surface area contributed by atoms with Crippen LogP contribution in [0.15, 0.2) is 42.0 Å². The molecule has 0 bridgehead atoms. The lowest BCUT2D eigenvalue weighted by Crippen LogP contribution is -2.41. The van der Waals surface area contributed by atoms with Crippen LogP contribution in [-0.2, 0) is 4.79 Å². The van der Waals surface area contributed by atoms with Gasteiger partial charge in [0.1, 0.15) is 12.7 Å². The minimum Gasteiger partial charge on any atom is -0.293 e. The predicted molar refractivity (Wildman–Crippen MR) is 83.7 cm³/mol. The van der Waals surface area contributed by atoms with Gasteiger partial charge in [0, 0.05) is 5.56 Å². The number of hydrogen-bond acceptors (Lipinski definition) is 5. The van der Waals surface area contributed by atoms with Crippen molar-refractivity contribution in [3.8, 4) is 0 Å². The third kappa shape index (κ3) is 2.50. The zero-order valence-electron chi connectivity index (χ0n) is 12.7. The molecule has 7 heteroatoms. The predicted octanol–water partition coefficient (Wildman–Crippen LogP) is 1.18. The number of rotatable bonds is 5. The lowest BCUT2D eigenvalue weighted by molar-refractivity contribution is -0.112. The van der Waals surface area contributed by atoms with Gasteiger partial charge < -0.3 is 0 Å². The van der Waals surface area contributed by atoms with Gasteiger partial charge in [-0.25, -0.2) is 4.68 Å². The van der Waals surface area contributed by atoms with E-state index in [1.807, 2.05) is 24.3 Å². The van der Waals surface area contributed by atoms with Gasteiger partial charge in [0.15, 0.2) is 5.71 Å². The number of fused-ring (bicyclic) bond motifs is 1. The van der Waals surface area contributed by atoms with Crippen molar-refractivity contribution in [2.75, 3.05) is 24.7 Å². The molecule has 0 saturated heterocycles. The zero-order valence-corrected chi connectivity index (χ0v) is 12.7. The van der Waals surface area contributed by atoms with Gasteiger partial charge in [0.25, 0.3) is 5.91 Å². The van der Waals surface area contributed by atoms with Crippen LogP contribution in [0.3, 0.4) is 0 Å². The number of anilines is 1. The van der Waals surface area contributed by atoms with Crippen molar-refractivity contribution in [1.29, 1.82) is 0 Å². The second-order valence-electron chi connectivity index (χ2n) is 4.99. The van der Waals surface area contributed by atoms with Gasteiger partial charge in [0.2, 0.25) is 0 Å². The van der Waals surface area contributed by atoms with E-state index in [2.05, 4.69) is 34.0 Å². The Morgan fingerprint density at radius 2 is 1.82 bits per heavy atom. The Bertz CT molecular complexity index is 690. The Hall–Kier alpha value is -2.54. The molecule has 0 N–H and O–H groups in total. The first-order valence-electron chi connectivity index (χ1n) is 7.31. The van der Waals surface area contributed by atoms with E-state index in [1.165, 1.54) is 17.3 Å². The summed E-state index contributed by atoms with van der Waals surface area (Å²) in [4.78, 5) is 16.7. The van der Waals surface area contributed by atoms with Gasteiger partial charge in [-0.15, -0.1) is 10.2 Å². The molecule has 1 aliphatic rings. The van der Waals surface area contributed by atoms with Gasteiger partial charge in [-0.1, -0.05) is 32.0 Å². The van der Waals surface area contributed by atoms with Crippen LogP contribution in [0.4, 0.5) is 5.69 Å². The molecule has 1 aromatic heterocycles. The maximum absolute atomic E-state index is 12.8. The third-order valence-corrected chi connectivity index (χ3v) is 3.76. The Morgan fingerprint density at radius 3 is 2.50 bits per heavy atom. The fourth-order valence-electron chi connectivity index (χ4n) is 2.48. The highest BCUT2D eigenvalue weighted by atomic mass is 16.2. The van der Waals surface area contributed by atoms with E-state index < -0.39 is 0 Å². The van der Waals surface area contributed by atoms with Crippen LogP contribution < -0.4 is 4.90 Å². The Balaban J connectivity index is 1.99. The fourth-order valence-corrected chi connectivity index (χ4v) is 2.48. The minimum atomic E-state index is -0.0956. The van der Waals surface area contributed by atoms with Crippen molar-refractivity contribution in [3.63, 3.8) is 0 Å². The van der Waals surface area contributed by atoms with Gasteiger partial charge in [0.05, 0.1) is 12.4 Å². The van der Waals surface area contributed by atoms with Gasteiger partial charge >= 0.3 is 0 Å². The Morgan fingerprint density at radius 1 is 1.14 bits per heavy atom. The van der Waals surface area contributed by atoms with Crippen molar-refractivity contribution in [1.82, 2.24) is 19.8 Å². The summed E-state index contributed by atoms with van der Waals surface area (Å²) >= 11 is 0. The van der Waals surface area contributed by atoms with E-state index in [1.54, 1.807) is 4.90 Å². The molecule has 0 atom stereocenters. The highest BCUT2D eigenvalue weighted by Gasteiger charge is 2.34. The molecule has 0 spiro atoms.